The molecule has 17 heavy (non-hydrogen) atoms. The normalized spacial score (nSPS) is 20.6. The van der Waals surface area contributed by atoms with E-state index < -0.39 is 0 Å². The second kappa shape index (κ2) is 5.54. The van der Waals surface area contributed by atoms with Crippen LogP contribution in [0.2, 0.25) is 0 Å². The predicted octanol–water partition coefficient (Wildman–Crippen LogP) is 3.63. The maximum atomic E-state index is 5.43. The van der Waals surface area contributed by atoms with E-state index in [1.54, 1.807) is 7.11 Å². The minimum atomic E-state index is 0.508. The molecule has 0 saturated carbocycles. The Morgan fingerprint density at radius 1 is 1.29 bits per heavy atom. The Morgan fingerprint density at radius 2 is 2.12 bits per heavy atom. The van der Waals surface area contributed by atoms with Gasteiger partial charge >= 0.3 is 0 Å². The van der Waals surface area contributed by atoms with Gasteiger partial charge in [0.2, 0.25) is 0 Å². The van der Waals surface area contributed by atoms with Gasteiger partial charge in [-0.25, -0.2) is 0 Å². The zero-order valence-electron chi connectivity index (χ0n) is 11.1. The van der Waals surface area contributed by atoms with Crippen LogP contribution in [-0.4, -0.2) is 13.7 Å². The van der Waals surface area contributed by atoms with Crippen molar-refractivity contribution in [2.75, 3.05) is 13.7 Å². The fraction of sp³-hybridized carbons (Fsp3) is 0.600. The number of rotatable bonds is 3. The molecule has 1 saturated heterocycles. The lowest BCUT2D eigenvalue weighted by atomic mass is 9.93. The zero-order chi connectivity index (χ0) is 12.3. The first kappa shape index (κ1) is 12.4. The van der Waals surface area contributed by atoms with Crippen LogP contribution in [-0.2, 0) is 0 Å². The Balaban J connectivity index is 2.26. The van der Waals surface area contributed by atoms with Crippen molar-refractivity contribution < 1.29 is 4.74 Å². The largest absolute Gasteiger partial charge is 0.496 e. The molecule has 1 unspecified atom stereocenters. The summed E-state index contributed by atoms with van der Waals surface area (Å²) in [6.45, 7) is 5.58. The Kier molecular flexibility index (Phi) is 4.06. The standard InChI is InChI=1S/C15H23NO/c1-11(2)13-10-12(7-8-15(13)17-3)14-6-4-5-9-16-14/h7-8,10-11,14,16H,4-6,9H2,1-3H3. The summed E-state index contributed by atoms with van der Waals surface area (Å²) in [5.74, 6) is 1.52. The molecule has 2 nitrogen and oxygen atoms in total. The van der Waals surface area contributed by atoms with Crippen molar-refractivity contribution in [2.24, 2.45) is 0 Å². The molecule has 0 aromatic heterocycles. The lowest BCUT2D eigenvalue weighted by Crippen LogP contribution is -2.26. The van der Waals surface area contributed by atoms with E-state index in [2.05, 4.69) is 37.4 Å². The molecule has 1 aliphatic heterocycles. The van der Waals surface area contributed by atoms with Gasteiger partial charge in [0, 0.05) is 6.04 Å². The SMILES string of the molecule is COc1ccc(C2CCCCN2)cc1C(C)C. The second-order valence-electron chi connectivity index (χ2n) is 5.16. The molecular formula is C15H23NO. The highest BCUT2D eigenvalue weighted by atomic mass is 16.5. The Labute approximate surface area is 104 Å². The highest BCUT2D eigenvalue weighted by Gasteiger charge is 2.17. The average molecular weight is 233 g/mol. The van der Waals surface area contributed by atoms with Crippen LogP contribution in [0.4, 0.5) is 0 Å². The first-order valence-electron chi connectivity index (χ1n) is 6.63. The third-order valence-corrected chi connectivity index (χ3v) is 3.59. The van der Waals surface area contributed by atoms with Crippen LogP contribution in [0.5, 0.6) is 5.75 Å². The second-order valence-corrected chi connectivity index (χ2v) is 5.16. The quantitative estimate of drug-likeness (QED) is 0.860. The minimum Gasteiger partial charge on any atom is -0.496 e. The number of piperidine rings is 1. The molecule has 0 radical (unpaired) electrons. The van der Waals surface area contributed by atoms with Gasteiger partial charge in [-0.1, -0.05) is 32.4 Å². The molecule has 0 amide bonds. The van der Waals surface area contributed by atoms with E-state index in [1.165, 1.54) is 30.4 Å². The van der Waals surface area contributed by atoms with Crippen LogP contribution in [0, 0.1) is 0 Å². The summed E-state index contributed by atoms with van der Waals surface area (Å²) in [5, 5.41) is 3.60. The summed E-state index contributed by atoms with van der Waals surface area (Å²) in [6, 6.07) is 7.16. The van der Waals surface area contributed by atoms with E-state index in [1.807, 2.05) is 0 Å². The van der Waals surface area contributed by atoms with Gasteiger partial charge in [-0.2, -0.15) is 0 Å². The fourth-order valence-electron chi connectivity index (χ4n) is 2.56. The van der Waals surface area contributed by atoms with Crippen LogP contribution in [0.25, 0.3) is 0 Å². The molecule has 1 fully saturated rings. The molecule has 0 bridgehead atoms. The number of hydrogen-bond acceptors (Lipinski definition) is 2. The van der Waals surface area contributed by atoms with Gasteiger partial charge in [0.15, 0.2) is 0 Å². The first-order chi connectivity index (χ1) is 8.22. The molecular weight excluding hydrogens is 210 g/mol. The summed E-state index contributed by atoms with van der Waals surface area (Å²) in [7, 11) is 1.75. The van der Waals surface area contributed by atoms with Crippen molar-refractivity contribution >= 4 is 0 Å². The van der Waals surface area contributed by atoms with E-state index in [9.17, 15) is 0 Å². The van der Waals surface area contributed by atoms with Gasteiger partial charge in [-0.3, -0.25) is 0 Å². The molecule has 0 spiro atoms. The Bertz CT molecular complexity index is 367. The Hall–Kier alpha value is -1.02. The zero-order valence-corrected chi connectivity index (χ0v) is 11.1. The molecule has 1 aliphatic rings. The fourth-order valence-corrected chi connectivity index (χ4v) is 2.56. The van der Waals surface area contributed by atoms with Crippen LogP contribution < -0.4 is 10.1 Å². The summed E-state index contributed by atoms with van der Waals surface area (Å²) in [4.78, 5) is 0. The van der Waals surface area contributed by atoms with Crippen LogP contribution >= 0.6 is 0 Å². The van der Waals surface area contributed by atoms with Crippen LogP contribution in [0.1, 0.15) is 56.2 Å². The molecule has 1 aromatic rings. The van der Waals surface area contributed by atoms with Crippen molar-refractivity contribution in [3.05, 3.63) is 29.3 Å². The van der Waals surface area contributed by atoms with E-state index >= 15 is 0 Å². The van der Waals surface area contributed by atoms with Crippen molar-refractivity contribution in [2.45, 2.75) is 45.1 Å². The monoisotopic (exact) mass is 233 g/mol. The van der Waals surface area contributed by atoms with E-state index in [0.29, 0.717) is 12.0 Å². The van der Waals surface area contributed by atoms with E-state index in [0.717, 1.165) is 12.3 Å². The molecule has 94 valence electrons. The van der Waals surface area contributed by atoms with Crippen molar-refractivity contribution in [1.29, 1.82) is 0 Å². The Morgan fingerprint density at radius 3 is 2.71 bits per heavy atom. The minimum absolute atomic E-state index is 0.508. The number of hydrogen-bond donors (Lipinski definition) is 1. The summed E-state index contributed by atoms with van der Waals surface area (Å²) < 4.78 is 5.43. The molecule has 1 aromatic carbocycles. The number of nitrogens with one attached hydrogen (secondary N) is 1. The summed E-state index contributed by atoms with van der Waals surface area (Å²) in [5.41, 5.74) is 2.73. The van der Waals surface area contributed by atoms with Gasteiger partial charge in [0.1, 0.15) is 5.75 Å². The van der Waals surface area contributed by atoms with Gasteiger partial charge < -0.3 is 10.1 Å². The van der Waals surface area contributed by atoms with Gasteiger partial charge in [0.05, 0.1) is 7.11 Å². The van der Waals surface area contributed by atoms with Crippen molar-refractivity contribution in [3.8, 4) is 5.75 Å². The van der Waals surface area contributed by atoms with E-state index in [4.69, 9.17) is 4.74 Å². The number of methoxy groups -OCH3 is 1. The van der Waals surface area contributed by atoms with Gasteiger partial charge in [0.25, 0.3) is 0 Å². The highest BCUT2D eigenvalue weighted by molar-refractivity contribution is 5.40. The smallest absolute Gasteiger partial charge is 0.122 e. The molecule has 0 aliphatic carbocycles. The predicted molar refractivity (Wildman–Crippen MR) is 71.7 cm³/mol. The lowest BCUT2D eigenvalue weighted by Gasteiger charge is -2.25. The maximum Gasteiger partial charge on any atom is 0.122 e. The lowest BCUT2D eigenvalue weighted by molar-refractivity contribution is 0.401. The molecule has 1 N–H and O–H groups in total. The van der Waals surface area contributed by atoms with Crippen molar-refractivity contribution in [3.63, 3.8) is 0 Å². The molecule has 1 atom stereocenters. The number of benzene rings is 1. The first-order valence-corrected chi connectivity index (χ1v) is 6.63. The summed E-state index contributed by atoms with van der Waals surface area (Å²) >= 11 is 0. The average Bonchev–Trinajstić information content (AvgIpc) is 2.39. The topological polar surface area (TPSA) is 21.3 Å². The third-order valence-electron chi connectivity index (χ3n) is 3.59. The molecule has 2 heteroatoms. The highest BCUT2D eigenvalue weighted by Crippen LogP contribution is 2.31. The van der Waals surface area contributed by atoms with Crippen LogP contribution in [0.15, 0.2) is 18.2 Å². The van der Waals surface area contributed by atoms with Crippen molar-refractivity contribution in [1.82, 2.24) is 5.32 Å². The molecule has 2 rings (SSSR count). The third kappa shape index (κ3) is 2.81. The van der Waals surface area contributed by atoms with Gasteiger partial charge in [-0.15, -0.1) is 0 Å². The summed E-state index contributed by atoms with van der Waals surface area (Å²) in [6.07, 6.45) is 3.90. The van der Waals surface area contributed by atoms with Crippen LogP contribution in [0.3, 0.4) is 0 Å². The number of ether oxygens (including phenoxy) is 1. The maximum absolute atomic E-state index is 5.43. The molecule has 1 heterocycles. The van der Waals surface area contributed by atoms with Gasteiger partial charge in [-0.05, 0) is 42.5 Å². The van der Waals surface area contributed by atoms with E-state index in [-0.39, 0.29) is 0 Å².